The summed E-state index contributed by atoms with van der Waals surface area (Å²) in [5.74, 6) is -2.14. The van der Waals surface area contributed by atoms with Crippen LogP contribution in [-0.4, -0.2) is 35.8 Å². The van der Waals surface area contributed by atoms with Crippen molar-refractivity contribution in [1.29, 1.82) is 0 Å². The fourth-order valence-electron chi connectivity index (χ4n) is 1.68. The number of hydrogen-bond donors (Lipinski definition) is 1. The SMILES string of the molecule is COC(=O)CC(C)(Oc1cccc(C=O)c1[N+](=O)[O-])C(N)=O. The Balaban J connectivity index is 3.30. The first kappa shape index (κ1) is 17.1. The van der Waals surface area contributed by atoms with E-state index in [1.54, 1.807) is 0 Å². The molecular weight excluding hydrogens is 296 g/mol. The smallest absolute Gasteiger partial charge is 0.321 e. The quantitative estimate of drug-likeness (QED) is 0.336. The third kappa shape index (κ3) is 3.57. The number of esters is 1. The standard InChI is InChI=1S/C13H14N2O7/c1-13(12(14)18,6-10(17)21-2)22-9-5-3-4-8(7-16)11(9)15(19)20/h3-5,7H,6H2,1-2H3,(H2,14,18). The molecule has 1 aromatic carbocycles. The highest BCUT2D eigenvalue weighted by Gasteiger charge is 2.39. The summed E-state index contributed by atoms with van der Waals surface area (Å²) in [7, 11) is 1.11. The highest BCUT2D eigenvalue weighted by Crippen LogP contribution is 2.33. The Morgan fingerprint density at radius 2 is 2.09 bits per heavy atom. The van der Waals surface area contributed by atoms with Crippen molar-refractivity contribution < 1.29 is 28.8 Å². The molecule has 9 heteroatoms. The number of aldehydes is 1. The zero-order chi connectivity index (χ0) is 16.9. The van der Waals surface area contributed by atoms with Crippen molar-refractivity contribution in [3.05, 3.63) is 33.9 Å². The number of amides is 1. The van der Waals surface area contributed by atoms with Gasteiger partial charge in [-0.1, -0.05) is 6.07 Å². The third-order valence-electron chi connectivity index (χ3n) is 2.91. The van der Waals surface area contributed by atoms with Crippen LogP contribution in [0.1, 0.15) is 23.7 Å². The Kier molecular flexibility index (Phi) is 5.17. The molecule has 1 amide bonds. The molecule has 9 nitrogen and oxygen atoms in total. The van der Waals surface area contributed by atoms with Crippen LogP contribution in [0.5, 0.6) is 5.75 Å². The van der Waals surface area contributed by atoms with Crippen molar-refractivity contribution in [1.82, 2.24) is 0 Å². The number of nitro benzene ring substituents is 1. The van der Waals surface area contributed by atoms with Gasteiger partial charge in [0.1, 0.15) is 0 Å². The van der Waals surface area contributed by atoms with Crippen molar-refractivity contribution >= 4 is 23.9 Å². The second-order valence-corrected chi connectivity index (χ2v) is 4.52. The van der Waals surface area contributed by atoms with Gasteiger partial charge in [0.05, 0.1) is 24.0 Å². The monoisotopic (exact) mass is 310 g/mol. The molecule has 0 aromatic heterocycles. The van der Waals surface area contributed by atoms with Gasteiger partial charge in [-0.05, 0) is 19.1 Å². The molecule has 0 fully saturated rings. The topological polar surface area (TPSA) is 139 Å². The van der Waals surface area contributed by atoms with Crippen molar-refractivity contribution in [3.63, 3.8) is 0 Å². The average Bonchev–Trinajstić information content (AvgIpc) is 2.46. The summed E-state index contributed by atoms with van der Waals surface area (Å²) in [6, 6.07) is 3.76. The lowest BCUT2D eigenvalue weighted by molar-refractivity contribution is -0.386. The van der Waals surface area contributed by atoms with E-state index in [-0.39, 0.29) is 17.6 Å². The van der Waals surface area contributed by atoms with Crippen molar-refractivity contribution in [2.45, 2.75) is 18.9 Å². The molecule has 0 heterocycles. The summed E-state index contributed by atoms with van der Waals surface area (Å²) < 4.78 is 9.73. The number of carbonyl (C=O) groups is 3. The van der Waals surface area contributed by atoms with Crippen molar-refractivity contribution in [2.75, 3.05) is 7.11 Å². The van der Waals surface area contributed by atoms with E-state index in [2.05, 4.69) is 4.74 Å². The largest absolute Gasteiger partial charge is 0.470 e. The molecule has 0 spiro atoms. The summed E-state index contributed by atoms with van der Waals surface area (Å²) in [5, 5.41) is 11.1. The van der Waals surface area contributed by atoms with Crippen molar-refractivity contribution in [3.8, 4) is 5.75 Å². The molecule has 0 saturated heterocycles. The molecule has 1 aromatic rings. The van der Waals surface area contributed by atoms with Gasteiger partial charge in [0, 0.05) is 0 Å². The Hall–Kier alpha value is -2.97. The van der Waals surface area contributed by atoms with Crippen LogP contribution in [0.2, 0.25) is 0 Å². The van der Waals surface area contributed by atoms with Gasteiger partial charge in [0.25, 0.3) is 5.91 Å². The summed E-state index contributed by atoms with van der Waals surface area (Å²) >= 11 is 0. The van der Waals surface area contributed by atoms with Gasteiger partial charge in [-0.3, -0.25) is 24.5 Å². The Labute approximate surface area is 125 Å². The zero-order valence-electron chi connectivity index (χ0n) is 11.9. The average molecular weight is 310 g/mol. The van der Waals surface area contributed by atoms with Crippen LogP contribution in [0.3, 0.4) is 0 Å². The third-order valence-corrected chi connectivity index (χ3v) is 2.91. The van der Waals surface area contributed by atoms with E-state index in [1.165, 1.54) is 25.1 Å². The molecule has 0 bridgehead atoms. The number of nitrogens with two attached hydrogens (primary N) is 1. The maximum absolute atomic E-state index is 11.6. The van der Waals surface area contributed by atoms with Crippen molar-refractivity contribution in [2.24, 2.45) is 5.73 Å². The molecule has 1 atom stereocenters. The summed E-state index contributed by atoms with van der Waals surface area (Å²) in [4.78, 5) is 44.1. The van der Waals surface area contributed by atoms with Crippen LogP contribution in [0.15, 0.2) is 18.2 Å². The minimum absolute atomic E-state index is 0.229. The van der Waals surface area contributed by atoms with Crippen LogP contribution in [-0.2, 0) is 14.3 Å². The van der Waals surface area contributed by atoms with E-state index >= 15 is 0 Å². The number of nitro groups is 1. The fourth-order valence-corrected chi connectivity index (χ4v) is 1.68. The minimum atomic E-state index is -1.86. The van der Waals surface area contributed by atoms with Crippen LogP contribution >= 0.6 is 0 Å². The highest BCUT2D eigenvalue weighted by molar-refractivity contribution is 5.89. The number of benzene rings is 1. The van der Waals surface area contributed by atoms with Crippen LogP contribution in [0.25, 0.3) is 0 Å². The first-order valence-electron chi connectivity index (χ1n) is 6.03. The molecule has 118 valence electrons. The first-order valence-corrected chi connectivity index (χ1v) is 6.03. The predicted molar refractivity (Wildman–Crippen MR) is 73.3 cm³/mol. The molecule has 2 N–H and O–H groups in total. The molecule has 22 heavy (non-hydrogen) atoms. The van der Waals surface area contributed by atoms with Gasteiger partial charge < -0.3 is 15.2 Å². The molecule has 1 unspecified atom stereocenters. The number of ether oxygens (including phenoxy) is 2. The minimum Gasteiger partial charge on any atom is -0.470 e. The van der Waals surface area contributed by atoms with Gasteiger partial charge in [0.2, 0.25) is 0 Å². The maximum Gasteiger partial charge on any atom is 0.321 e. The van der Waals surface area contributed by atoms with E-state index in [1.807, 2.05) is 0 Å². The number of hydrogen-bond acceptors (Lipinski definition) is 7. The molecule has 0 saturated carbocycles. The predicted octanol–water partition coefficient (Wildman–Crippen LogP) is 0.593. The molecular formula is C13H14N2O7. The van der Waals surface area contributed by atoms with Crippen LogP contribution < -0.4 is 10.5 Å². The van der Waals surface area contributed by atoms with E-state index in [9.17, 15) is 24.5 Å². The lowest BCUT2D eigenvalue weighted by Crippen LogP contribution is -2.48. The van der Waals surface area contributed by atoms with E-state index in [4.69, 9.17) is 10.5 Å². The fraction of sp³-hybridized carbons (Fsp3) is 0.308. The maximum atomic E-state index is 11.6. The lowest BCUT2D eigenvalue weighted by Gasteiger charge is -2.26. The second-order valence-electron chi connectivity index (χ2n) is 4.52. The molecule has 0 aliphatic carbocycles. The van der Waals surface area contributed by atoms with Gasteiger partial charge in [-0.2, -0.15) is 0 Å². The number of primary amides is 1. The number of nitrogens with zero attached hydrogens (tertiary/aromatic N) is 1. The molecule has 0 aliphatic rings. The van der Waals surface area contributed by atoms with Gasteiger partial charge in [-0.15, -0.1) is 0 Å². The summed E-state index contributed by atoms with van der Waals surface area (Å²) in [6.07, 6.45) is -0.256. The Morgan fingerprint density at radius 1 is 1.45 bits per heavy atom. The van der Waals surface area contributed by atoms with Gasteiger partial charge in [-0.25, -0.2) is 0 Å². The summed E-state index contributed by atoms with van der Waals surface area (Å²) in [6.45, 7) is 1.20. The summed E-state index contributed by atoms with van der Waals surface area (Å²) in [5.41, 5.74) is 2.50. The van der Waals surface area contributed by atoms with E-state index < -0.39 is 34.5 Å². The first-order chi connectivity index (χ1) is 10.2. The van der Waals surface area contributed by atoms with Crippen LogP contribution in [0, 0.1) is 10.1 Å². The van der Waals surface area contributed by atoms with E-state index in [0.29, 0.717) is 0 Å². The molecule has 0 aliphatic heterocycles. The Bertz CT molecular complexity index is 629. The number of methoxy groups -OCH3 is 1. The lowest BCUT2D eigenvalue weighted by atomic mass is 10.0. The normalized spacial score (nSPS) is 12.8. The Morgan fingerprint density at radius 3 is 2.55 bits per heavy atom. The second kappa shape index (κ2) is 6.66. The van der Waals surface area contributed by atoms with Gasteiger partial charge >= 0.3 is 11.7 Å². The molecule has 0 radical (unpaired) electrons. The number of para-hydroxylation sites is 1. The zero-order valence-corrected chi connectivity index (χ0v) is 11.9. The highest BCUT2D eigenvalue weighted by atomic mass is 16.6. The number of carbonyl (C=O) groups excluding carboxylic acids is 3. The van der Waals surface area contributed by atoms with Crippen LogP contribution in [0.4, 0.5) is 5.69 Å². The van der Waals surface area contributed by atoms with Gasteiger partial charge in [0.15, 0.2) is 17.6 Å². The molecule has 1 rings (SSSR count). The number of rotatable bonds is 7. The van der Waals surface area contributed by atoms with E-state index in [0.717, 1.165) is 7.11 Å².